The molecule has 0 fully saturated rings. The molecule has 0 spiro atoms. The number of rotatable bonds is 12. The van der Waals surface area contributed by atoms with E-state index in [-0.39, 0.29) is 17.3 Å². The maximum Gasteiger partial charge on any atom is 0.264 e. The maximum atomic E-state index is 13.9. The Morgan fingerprint density at radius 2 is 1.67 bits per heavy atom. The van der Waals surface area contributed by atoms with Gasteiger partial charge in [-0.1, -0.05) is 60.8 Å². The lowest BCUT2D eigenvalue weighted by Gasteiger charge is -2.32. The molecular formula is C28H30Cl2IN3O4S. The Morgan fingerprint density at radius 1 is 1.00 bits per heavy atom. The molecule has 208 valence electrons. The van der Waals surface area contributed by atoms with E-state index < -0.39 is 28.5 Å². The van der Waals surface area contributed by atoms with Gasteiger partial charge in [0.2, 0.25) is 11.8 Å². The summed E-state index contributed by atoms with van der Waals surface area (Å²) in [6.07, 6.45) is 1.70. The minimum atomic E-state index is -4.11. The molecule has 7 nitrogen and oxygen atoms in total. The van der Waals surface area contributed by atoms with Crippen molar-refractivity contribution in [1.29, 1.82) is 0 Å². The zero-order valence-corrected chi connectivity index (χ0v) is 26.1. The van der Waals surface area contributed by atoms with Crippen molar-refractivity contribution in [2.24, 2.45) is 0 Å². The second-order valence-corrected chi connectivity index (χ2v) is 12.8. The third-order valence-electron chi connectivity index (χ3n) is 6.08. The van der Waals surface area contributed by atoms with Crippen molar-refractivity contribution in [2.75, 3.05) is 17.4 Å². The number of sulfonamides is 1. The quantitative estimate of drug-likeness (QED) is 0.182. The summed E-state index contributed by atoms with van der Waals surface area (Å²) in [5.41, 5.74) is 0.909. The van der Waals surface area contributed by atoms with Gasteiger partial charge in [-0.3, -0.25) is 13.9 Å². The van der Waals surface area contributed by atoms with Crippen LogP contribution in [0.5, 0.6) is 0 Å². The smallest absolute Gasteiger partial charge is 0.264 e. The summed E-state index contributed by atoms with van der Waals surface area (Å²) >= 11 is 14.6. The Kier molecular flexibility index (Phi) is 11.5. The first-order valence-corrected chi connectivity index (χ1v) is 15.7. The fraction of sp³-hybridized carbons (Fsp3) is 0.286. The van der Waals surface area contributed by atoms with Gasteiger partial charge in [-0.15, -0.1) is 0 Å². The molecule has 0 unspecified atom stereocenters. The van der Waals surface area contributed by atoms with Crippen LogP contribution in [0.4, 0.5) is 5.69 Å². The lowest BCUT2D eigenvalue weighted by Crippen LogP contribution is -2.51. The predicted molar refractivity (Wildman–Crippen MR) is 165 cm³/mol. The topological polar surface area (TPSA) is 86.8 Å². The summed E-state index contributed by atoms with van der Waals surface area (Å²) in [6.45, 7) is 3.57. The van der Waals surface area contributed by atoms with Crippen LogP contribution in [0.1, 0.15) is 32.3 Å². The Balaban J connectivity index is 2.00. The fourth-order valence-corrected chi connectivity index (χ4v) is 6.07. The van der Waals surface area contributed by atoms with E-state index >= 15 is 0 Å². The van der Waals surface area contributed by atoms with Crippen LogP contribution < -0.4 is 9.62 Å². The van der Waals surface area contributed by atoms with Crippen molar-refractivity contribution in [1.82, 2.24) is 10.2 Å². The van der Waals surface area contributed by atoms with Gasteiger partial charge in [-0.25, -0.2) is 8.42 Å². The van der Waals surface area contributed by atoms with Gasteiger partial charge in [-0.2, -0.15) is 0 Å². The molecule has 2 amide bonds. The van der Waals surface area contributed by atoms with Crippen LogP contribution in [0.2, 0.25) is 10.0 Å². The molecule has 1 N–H and O–H groups in total. The summed E-state index contributed by atoms with van der Waals surface area (Å²) in [5.74, 6) is -0.897. The van der Waals surface area contributed by atoms with Crippen molar-refractivity contribution >= 4 is 73.3 Å². The molecule has 0 aliphatic heterocycles. The normalized spacial score (nSPS) is 12.0. The molecule has 3 rings (SSSR count). The molecular weight excluding hydrogens is 672 g/mol. The zero-order valence-electron chi connectivity index (χ0n) is 21.6. The summed E-state index contributed by atoms with van der Waals surface area (Å²) < 4.78 is 29.5. The third-order valence-corrected chi connectivity index (χ3v) is 9.17. The number of amides is 2. The largest absolute Gasteiger partial charge is 0.354 e. The van der Waals surface area contributed by atoms with Gasteiger partial charge in [0.15, 0.2) is 0 Å². The Labute approximate surface area is 253 Å². The number of benzene rings is 3. The number of anilines is 1. The number of hydrogen-bond donors (Lipinski definition) is 1. The molecule has 0 saturated carbocycles. The van der Waals surface area contributed by atoms with Crippen LogP contribution in [0.25, 0.3) is 0 Å². The molecule has 39 heavy (non-hydrogen) atoms. The van der Waals surface area contributed by atoms with Crippen molar-refractivity contribution in [2.45, 2.75) is 44.2 Å². The number of carbonyl (C=O) groups is 2. The minimum Gasteiger partial charge on any atom is -0.354 e. The second kappa shape index (κ2) is 14.3. The molecule has 0 heterocycles. The van der Waals surface area contributed by atoms with Gasteiger partial charge in [0.05, 0.1) is 10.6 Å². The Hall–Kier alpha value is -2.34. The van der Waals surface area contributed by atoms with E-state index in [0.29, 0.717) is 27.8 Å². The average Bonchev–Trinajstić information content (AvgIpc) is 2.92. The zero-order chi connectivity index (χ0) is 28.6. The van der Waals surface area contributed by atoms with E-state index in [2.05, 4.69) is 27.9 Å². The molecule has 3 aromatic rings. The highest BCUT2D eigenvalue weighted by Crippen LogP contribution is 2.27. The summed E-state index contributed by atoms with van der Waals surface area (Å²) in [7, 11) is -4.11. The van der Waals surface area contributed by atoms with Crippen LogP contribution in [-0.4, -0.2) is 44.3 Å². The Bertz CT molecular complexity index is 1390. The summed E-state index contributed by atoms with van der Waals surface area (Å²) in [4.78, 5) is 28.3. The number of nitrogens with one attached hydrogen (secondary N) is 1. The molecule has 0 saturated heterocycles. The summed E-state index contributed by atoms with van der Waals surface area (Å²) in [6, 6.07) is 18.8. The number of hydrogen-bond acceptors (Lipinski definition) is 4. The van der Waals surface area contributed by atoms with Gasteiger partial charge < -0.3 is 10.2 Å². The average molecular weight is 702 g/mol. The van der Waals surface area contributed by atoms with Crippen LogP contribution >= 0.6 is 45.8 Å². The van der Waals surface area contributed by atoms with Crippen LogP contribution in [0, 0.1) is 3.57 Å². The standard InChI is InChI=1S/C28H30Cl2IN3O4S/c1-3-4-16-32-28(36)20(2)33(18-21-10-11-22(29)17-26(21)30)27(35)19-34(24-14-12-23(31)13-15-24)39(37,38)25-8-6-5-7-9-25/h5-15,17,20H,3-4,16,18-19H2,1-2H3,(H,32,36)/t20-/m1/s1. The van der Waals surface area contributed by atoms with E-state index in [1.54, 1.807) is 67.6 Å². The molecule has 0 radical (unpaired) electrons. The monoisotopic (exact) mass is 701 g/mol. The first kappa shape index (κ1) is 31.2. The lowest BCUT2D eigenvalue weighted by atomic mass is 10.1. The fourth-order valence-electron chi connectivity index (χ4n) is 3.81. The molecule has 0 aliphatic carbocycles. The van der Waals surface area contributed by atoms with E-state index in [9.17, 15) is 18.0 Å². The number of halogens is 3. The van der Waals surface area contributed by atoms with Gasteiger partial charge in [-0.05, 0) is 90.0 Å². The number of carbonyl (C=O) groups excluding carboxylic acids is 2. The van der Waals surface area contributed by atoms with E-state index in [1.165, 1.54) is 17.0 Å². The van der Waals surface area contributed by atoms with Crippen molar-refractivity contribution in [3.63, 3.8) is 0 Å². The molecule has 0 bridgehead atoms. The lowest BCUT2D eigenvalue weighted by molar-refractivity contribution is -0.139. The highest BCUT2D eigenvalue weighted by Gasteiger charge is 2.32. The van der Waals surface area contributed by atoms with Crippen LogP contribution in [0.15, 0.2) is 77.7 Å². The first-order valence-electron chi connectivity index (χ1n) is 12.4. The van der Waals surface area contributed by atoms with Crippen molar-refractivity contribution < 1.29 is 18.0 Å². The first-order chi connectivity index (χ1) is 18.5. The maximum absolute atomic E-state index is 13.9. The van der Waals surface area contributed by atoms with Crippen LogP contribution in [0.3, 0.4) is 0 Å². The van der Waals surface area contributed by atoms with Gasteiger partial charge in [0, 0.05) is 26.7 Å². The molecule has 11 heteroatoms. The van der Waals surface area contributed by atoms with Crippen molar-refractivity contribution in [3.05, 3.63) is 92.0 Å². The number of nitrogens with zero attached hydrogens (tertiary/aromatic N) is 2. The van der Waals surface area contributed by atoms with Gasteiger partial charge in [0.25, 0.3) is 10.0 Å². The third kappa shape index (κ3) is 8.33. The minimum absolute atomic E-state index is 0.0108. The molecule has 0 aliphatic rings. The molecule has 1 atom stereocenters. The molecule has 0 aromatic heterocycles. The second-order valence-electron chi connectivity index (χ2n) is 8.88. The van der Waals surface area contributed by atoms with E-state index in [0.717, 1.165) is 20.7 Å². The highest BCUT2D eigenvalue weighted by atomic mass is 127. The van der Waals surface area contributed by atoms with Crippen molar-refractivity contribution in [3.8, 4) is 0 Å². The Morgan fingerprint density at radius 3 is 2.28 bits per heavy atom. The van der Waals surface area contributed by atoms with Gasteiger partial charge >= 0.3 is 0 Å². The summed E-state index contributed by atoms with van der Waals surface area (Å²) in [5, 5.41) is 3.63. The predicted octanol–water partition coefficient (Wildman–Crippen LogP) is 6.13. The molecule has 3 aromatic carbocycles. The van der Waals surface area contributed by atoms with Crippen LogP contribution in [-0.2, 0) is 26.2 Å². The van der Waals surface area contributed by atoms with E-state index in [1.807, 2.05) is 6.92 Å². The SMILES string of the molecule is CCCCNC(=O)[C@@H](C)N(Cc1ccc(Cl)cc1Cl)C(=O)CN(c1ccc(I)cc1)S(=O)(=O)c1ccccc1. The highest BCUT2D eigenvalue weighted by molar-refractivity contribution is 14.1. The number of unbranched alkanes of at least 4 members (excludes halogenated alkanes) is 1. The van der Waals surface area contributed by atoms with Gasteiger partial charge in [0.1, 0.15) is 12.6 Å². The van der Waals surface area contributed by atoms with E-state index in [4.69, 9.17) is 23.2 Å².